The van der Waals surface area contributed by atoms with Gasteiger partial charge in [-0.05, 0) is 32.0 Å². The lowest BCUT2D eigenvalue weighted by molar-refractivity contribution is 0.180. The third-order valence-corrected chi connectivity index (χ3v) is 3.30. The number of pyridine rings is 1. The molecule has 0 bridgehead atoms. The van der Waals surface area contributed by atoms with Gasteiger partial charge in [-0.3, -0.25) is 4.90 Å². The highest BCUT2D eigenvalue weighted by Gasteiger charge is 2.09. The van der Waals surface area contributed by atoms with Crippen LogP contribution in [0.4, 0.5) is 0 Å². The molecule has 0 spiro atoms. The summed E-state index contributed by atoms with van der Waals surface area (Å²) < 4.78 is 5.64. The summed E-state index contributed by atoms with van der Waals surface area (Å²) in [6.45, 7) is 4.11. The summed E-state index contributed by atoms with van der Waals surface area (Å²) in [4.78, 5) is 6.75. The third kappa shape index (κ3) is 4.17. The lowest BCUT2D eigenvalue weighted by Crippen LogP contribution is -2.33. The minimum absolute atomic E-state index is 0.434. The number of hydrogen-bond donors (Lipinski definition) is 0. The van der Waals surface area contributed by atoms with Crippen molar-refractivity contribution in [3.8, 4) is 5.88 Å². The van der Waals surface area contributed by atoms with E-state index < -0.39 is 0 Å². The maximum atomic E-state index is 5.73. The van der Waals surface area contributed by atoms with E-state index in [0.29, 0.717) is 18.4 Å². The molecule has 2 heterocycles. The molecule has 0 aromatic carbocycles. The van der Waals surface area contributed by atoms with E-state index >= 15 is 0 Å². The summed E-state index contributed by atoms with van der Waals surface area (Å²) in [5, 5.41) is 0. The fourth-order valence-electron chi connectivity index (χ4n) is 2.07. The Balaban J connectivity index is 1.73. The van der Waals surface area contributed by atoms with E-state index in [4.69, 9.17) is 16.3 Å². The van der Waals surface area contributed by atoms with E-state index in [1.54, 1.807) is 0 Å². The van der Waals surface area contributed by atoms with Gasteiger partial charge in [0.2, 0.25) is 5.88 Å². The molecule has 0 saturated carbocycles. The van der Waals surface area contributed by atoms with E-state index in [0.717, 1.165) is 12.2 Å². The second kappa shape index (κ2) is 6.82. The average molecular weight is 255 g/mol. The van der Waals surface area contributed by atoms with Crippen molar-refractivity contribution in [2.45, 2.75) is 25.1 Å². The largest absolute Gasteiger partial charge is 0.476 e. The first-order valence-electron chi connectivity index (χ1n) is 6.25. The summed E-state index contributed by atoms with van der Waals surface area (Å²) in [5.74, 6) is 1.11. The van der Waals surface area contributed by atoms with Gasteiger partial charge in [-0.1, -0.05) is 12.5 Å². The number of alkyl halides is 1. The van der Waals surface area contributed by atoms with Crippen LogP contribution in [0.5, 0.6) is 5.88 Å². The molecule has 1 aliphatic rings. The molecule has 1 aliphatic heterocycles. The predicted octanol–water partition coefficient (Wildman–Crippen LogP) is 2.69. The predicted molar refractivity (Wildman–Crippen MR) is 69.6 cm³/mol. The van der Waals surface area contributed by atoms with Crippen molar-refractivity contribution in [2.24, 2.45) is 0 Å². The van der Waals surface area contributed by atoms with Crippen LogP contribution in [0.1, 0.15) is 25.0 Å². The van der Waals surface area contributed by atoms with Crippen LogP contribution in [-0.2, 0) is 5.88 Å². The van der Waals surface area contributed by atoms with Gasteiger partial charge < -0.3 is 4.74 Å². The van der Waals surface area contributed by atoms with Crippen molar-refractivity contribution in [3.63, 3.8) is 0 Å². The number of piperidine rings is 1. The first kappa shape index (κ1) is 12.7. The number of aromatic nitrogens is 1. The van der Waals surface area contributed by atoms with E-state index in [-0.39, 0.29) is 0 Å². The number of nitrogens with zero attached hydrogens (tertiary/aromatic N) is 2. The summed E-state index contributed by atoms with van der Waals surface area (Å²) >= 11 is 5.73. The lowest BCUT2D eigenvalue weighted by Gasteiger charge is -2.26. The van der Waals surface area contributed by atoms with E-state index in [9.17, 15) is 0 Å². The van der Waals surface area contributed by atoms with Crippen molar-refractivity contribution in [1.82, 2.24) is 9.88 Å². The molecule has 0 atom stereocenters. The standard InChI is InChI=1S/C13H19ClN2O/c14-11-12-5-4-6-13(15-12)17-10-9-16-7-2-1-3-8-16/h4-6H,1-3,7-11H2. The molecule has 0 radical (unpaired) electrons. The quantitative estimate of drug-likeness (QED) is 0.756. The van der Waals surface area contributed by atoms with Gasteiger partial charge in [-0.2, -0.15) is 0 Å². The number of ether oxygens (including phenoxy) is 1. The molecular weight excluding hydrogens is 236 g/mol. The normalized spacial score (nSPS) is 17.0. The Kier molecular flexibility index (Phi) is 5.08. The van der Waals surface area contributed by atoms with Crippen LogP contribution >= 0.6 is 11.6 Å². The molecule has 1 fully saturated rings. The minimum atomic E-state index is 0.434. The Hall–Kier alpha value is -0.800. The van der Waals surface area contributed by atoms with Crippen molar-refractivity contribution in [1.29, 1.82) is 0 Å². The van der Waals surface area contributed by atoms with Crippen molar-refractivity contribution < 1.29 is 4.74 Å². The van der Waals surface area contributed by atoms with Crippen molar-refractivity contribution in [2.75, 3.05) is 26.2 Å². The number of likely N-dealkylation sites (tertiary alicyclic amines) is 1. The molecular formula is C13H19ClN2O. The molecule has 1 aromatic rings. The molecule has 0 unspecified atom stereocenters. The van der Waals surface area contributed by atoms with Gasteiger partial charge in [0.05, 0.1) is 11.6 Å². The van der Waals surface area contributed by atoms with Crippen LogP contribution in [-0.4, -0.2) is 36.1 Å². The van der Waals surface area contributed by atoms with Gasteiger partial charge in [0.25, 0.3) is 0 Å². The van der Waals surface area contributed by atoms with Gasteiger partial charge in [-0.15, -0.1) is 11.6 Å². The van der Waals surface area contributed by atoms with Crippen molar-refractivity contribution in [3.05, 3.63) is 23.9 Å². The molecule has 3 nitrogen and oxygen atoms in total. The zero-order valence-corrected chi connectivity index (χ0v) is 10.8. The molecule has 0 aliphatic carbocycles. The Labute approximate surface area is 108 Å². The van der Waals surface area contributed by atoms with Gasteiger partial charge in [0, 0.05) is 12.6 Å². The topological polar surface area (TPSA) is 25.4 Å². The van der Waals surface area contributed by atoms with Crippen LogP contribution < -0.4 is 4.74 Å². The second-order valence-corrected chi connectivity index (χ2v) is 4.62. The monoisotopic (exact) mass is 254 g/mol. The highest BCUT2D eigenvalue weighted by Crippen LogP contribution is 2.11. The molecule has 2 rings (SSSR count). The van der Waals surface area contributed by atoms with Gasteiger partial charge in [-0.25, -0.2) is 4.98 Å². The molecule has 1 saturated heterocycles. The minimum Gasteiger partial charge on any atom is -0.476 e. The molecule has 0 amide bonds. The van der Waals surface area contributed by atoms with Gasteiger partial charge >= 0.3 is 0 Å². The number of hydrogen-bond acceptors (Lipinski definition) is 3. The fourth-order valence-corrected chi connectivity index (χ4v) is 2.22. The third-order valence-electron chi connectivity index (χ3n) is 3.02. The summed E-state index contributed by atoms with van der Waals surface area (Å²) in [6, 6.07) is 5.72. The maximum Gasteiger partial charge on any atom is 0.213 e. The molecule has 17 heavy (non-hydrogen) atoms. The highest BCUT2D eigenvalue weighted by molar-refractivity contribution is 6.16. The number of rotatable bonds is 5. The molecule has 4 heteroatoms. The van der Waals surface area contributed by atoms with Gasteiger partial charge in [0.15, 0.2) is 0 Å². The van der Waals surface area contributed by atoms with Crippen LogP contribution in [0.2, 0.25) is 0 Å². The average Bonchev–Trinajstić information content (AvgIpc) is 2.40. The Morgan fingerprint density at radius 1 is 1.24 bits per heavy atom. The van der Waals surface area contributed by atoms with Crippen molar-refractivity contribution >= 4 is 11.6 Å². The molecule has 94 valence electrons. The Morgan fingerprint density at radius 2 is 2.06 bits per heavy atom. The zero-order valence-electron chi connectivity index (χ0n) is 10.1. The van der Waals surface area contributed by atoms with Crippen LogP contribution in [0.15, 0.2) is 18.2 Å². The van der Waals surface area contributed by atoms with E-state index in [1.807, 2.05) is 18.2 Å². The second-order valence-electron chi connectivity index (χ2n) is 4.35. The molecule has 0 N–H and O–H groups in total. The first-order chi connectivity index (χ1) is 8.38. The van der Waals surface area contributed by atoms with E-state index in [2.05, 4.69) is 9.88 Å². The molecule has 1 aromatic heterocycles. The van der Waals surface area contributed by atoms with E-state index in [1.165, 1.54) is 32.4 Å². The number of halogens is 1. The maximum absolute atomic E-state index is 5.73. The Morgan fingerprint density at radius 3 is 2.82 bits per heavy atom. The van der Waals surface area contributed by atoms with Crippen LogP contribution in [0.25, 0.3) is 0 Å². The fraction of sp³-hybridized carbons (Fsp3) is 0.615. The SMILES string of the molecule is ClCc1cccc(OCCN2CCCCC2)n1. The van der Waals surface area contributed by atoms with Crippen LogP contribution in [0.3, 0.4) is 0 Å². The lowest BCUT2D eigenvalue weighted by atomic mass is 10.1. The smallest absolute Gasteiger partial charge is 0.213 e. The Bertz CT molecular complexity index is 340. The highest BCUT2D eigenvalue weighted by atomic mass is 35.5. The summed E-state index contributed by atoms with van der Waals surface area (Å²) in [6.07, 6.45) is 4.01. The van der Waals surface area contributed by atoms with Crippen LogP contribution in [0, 0.1) is 0 Å². The summed E-state index contributed by atoms with van der Waals surface area (Å²) in [5.41, 5.74) is 0.863. The zero-order chi connectivity index (χ0) is 11.9. The van der Waals surface area contributed by atoms with Gasteiger partial charge in [0.1, 0.15) is 6.61 Å². The first-order valence-corrected chi connectivity index (χ1v) is 6.79. The summed E-state index contributed by atoms with van der Waals surface area (Å²) in [7, 11) is 0.